The lowest BCUT2D eigenvalue weighted by atomic mass is 9.99. The van der Waals surface area contributed by atoms with Crippen LogP contribution in [0.3, 0.4) is 0 Å². The van der Waals surface area contributed by atoms with Crippen LogP contribution in [0.5, 0.6) is 0 Å². The molecule has 0 aliphatic carbocycles. The Hall–Kier alpha value is -4.83. The molecule has 1 aliphatic rings. The number of nitrogens with one attached hydrogen (secondary N) is 3. The van der Waals surface area contributed by atoms with Gasteiger partial charge in [0.1, 0.15) is 12.4 Å². The van der Waals surface area contributed by atoms with Gasteiger partial charge in [0, 0.05) is 40.9 Å². The van der Waals surface area contributed by atoms with Crippen molar-refractivity contribution in [2.75, 3.05) is 11.9 Å². The normalized spacial score (nSPS) is 13.4. The van der Waals surface area contributed by atoms with E-state index < -0.39 is 11.9 Å². The Morgan fingerprint density at radius 3 is 2.74 bits per heavy atom. The molecular weight excluding hydrogens is 518 g/mol. The Bertz CT molecular complexity index is 1540. The lowest BCUT2D eigenvalue weighted by Crippen LogP contribution is -2.44. The number of benzene rings is 3. The van der Waals surface area contributed by atoms with Crippen LogP contribution in [0.2, 0.25) is 5.02 Å². The lowest BCUT2D eigenvalue weighted by Gasteiger charge is -2.20. The van der Waals surface area contributed by atoms with Crippen molar-refractivity contribution >= 4 is 41.1 Å². The quantitative estimate of drug-likeness (QED) is 0.294. The highest BCUT2D eigenvalue weighted by Crippen LogP contribution is 2.21. The van der Waals surface area contributed by atoms with Crippen LogP contribution < -0.4 is 16.0 Å². The highest BCUT2D eigenvalue weighted by Gasteiger charge is 2.22. The summed E-state index contributed by atoms with van der Waals surface area (Å²) in [4.78, 5) is 38.4. The number of rotatable bonds is 8. The summed E-state index contributed by atoms with van der Waals surface area (Å²) in [5.74, 6) is -0.966. The van der Waals surface area contributed by atoms with Crippen LogP contribution in [0, 0.1) is 0 Å². The van der Waals surface area contributed by atoms with Gasteiger partial charge in [-0.3, -0.25) is 14.4 Å². The molecule has 2 heterocycles. The molecule has 5 rings (SSSR count). The molecule has 3 amide bonds. The second-order valence-electron chi connectivity index (χ2n) is 8.91. The number of amides is 3. The molecule has 0 spiro atoms. The van der Waals surface area contributed by atoms with Gasteiger partial charge >= 0.3 is 0 Å². The smallest absolute Gasteiger partial charge is 0.251 e. The molecule has 3 N–H and O–H groups in total. The number of fused-ring (bicyclic) bond motifs is 1. The molecule has 1 aromatic heterocycles. The number of aromatic nitrogens is 4. The standard InChI is InChI=1S/C28H24ClN7O3/c29-21-7-10-25(36-17-31-34-35-36)20(15-21)6-11-26(37)33-24(14-18-4-2-1-3-5-18)28(39)32-22-8-9-23-19(16-22)12-13-30-27(23)38/h1-11,15-17,24H,12-14H2,(H,30,38)(H,32,39)(H,33,37)/b11-6+. The van der Waals surface area contributed by atoms with Crippen molar-refractivity contribution in [2.45, 2.75) is 18.9 Å². The van der Waals surface area contributed by atoms with E-state index in [-0.39, 0.29) is 18.2 Å². The van der Waals surface area contributed by atoms with Gasteiger partial charge in [0.05, 0.1) is 5.69 Å². The zero-order valence-corrected chi connectivity index (χ0v) is 21.4. The fraction of sp³-hybridized carbons (Fsp3) is 0.143. The summed E-state index contributed by atoms with van der Waals surface area (Å²) in [5, 5.41) is 20.2. The highest BCUT2D eigenvalue weighted by atomic mass is 35.5. The summed E-state index contributed by atoms with van der Waals surface area (Å²) >= 11 is 6.17. The maximum Gasteiger partial charge on any atom is 0.251 e. The average Bonchev–Trinajstić information content (AvgIpc) is 3.47. The Labute approximate surface area is 229 Å². The van der Waals surface area contributed by atoms with Crippen molar-refractivity contribution in [3.8, 4) is 5.69 Å². The van der Waals surface area contributed by atoms with Crippen molar-refractivity contribution in [3.63, 3.8) is 0 Å². The molecule has 196 valence electrons. The Kier molecular flexibility index (Phi) is 7.74. The topological polar surface area (TPSA) is 131 Å². The van der Waals surface area contributed by atoms with Gasteiger partial charge in [-0.05, 0) is 70.4 Å². The van der Waals surface area contributed by atoms with E-state index in [9.17, 15) is 14.4 Å². The van der Waals surface area contributed by atoms with Crippen molar-refractivity contribution in [1.29, 1.82) is 0 Å². The monoisotopic (exact) mass is 541 g/mol. The summed E-state index contributed by atoms with van der Waals surface area (Å²) in [6, 6.07) is 18.9. The van der Waals surface area contributed by atoms with E-state index in [0.29, 0.717) is 40.5 Å². The molecule has 0 saturated carbocycles. The third kappa shape index (κ3) is 6.36. The molecule has 4 aromatic rings. The van der Waals surface area contributed by atoms with Gasteiger partial charge < -0.3 is 16.0 Å². The molecule has 0 bridgehead atoms. The molecule has 0 fully saturated rings. The van der Waals surface area contributed by atoms with Gasteiger partial charge in [0.25, 0.3) is 5.91 Å². The van der Waals surface area contributed by atoms with Crippen LogP contribution in [0.1, 0.15) is 27.0 Å². The largest absolute Gasteiger partial charge is 0.352 e. The van der Waals surface area contributed by atoms with Crippen molar-refractivity contribution in [2.24, 2.45) is 0 Å². The maximum atomic E-state index is 13.3. The third-order valence-corrected chi connectivity index (χ3v) is 6.45. The SMILES string of the molecule is O=C(/C=C/c1cc(Cl)ccc1-n1cnnn1)NC(Cc1ccccc1)C(=O)Nc1ccc2c(c1)CCNC2=O. The van der Waals surface area contributed by atoms with E-state index in [1.807, 2.05) is 30.3 Å². The first kappa shape index (κ1) is 25.8. The number of nitrogens with zero attached hydrogens (tertiary/aromatic N) is 4. The minimum Gasteiger partial charge on any atom is -0.352 e. The summed E-state index contributed by atoms with van der Waals surface area (Å²) in [6.45, 7) is 0.546. The van der Waals surface area contributed by atoms with Crippen LogP contribution >= 0.6 is 11.6 Å². The van der Waals surface area contributed by atoms with Crippen LogP contribution in [0.4, 0.5) is 5.69 Å². The fourth-order valence-corrected chi connectivity index (χ4v) is 4.50. The van der Waals surface area contributed by atoms with Gasteiger partial charge in [-0.1, -0.05) is 41.9 Å². The maximum absolute atomic E-state index is 13.3. The first-order valence-corrected chi connectivity index (χ1v) is 12.6. The zero-order valence-electron chi connectivity index (χ0n) is 20.7. The van der Waals surface area contributed by atoms with Crippen molar-refractivity contribution < 1.29 is 14.4 Å². The minimum absolute atomic E-state index is 0.127. The summed E-state index contributed by atoms with van der Waals surface area (Å²) < 4.78 is 1.46. The number of carbonyl (C=O) groups is 3. The third-order valence-electron chi connectivity index (χ3n) is 6.21. The zero-order chi connectivity index (χ0) is 27.2. The van der Waals surface area contributed by atoms with Crippen LogP contribution in [-0.4, -0.2) is 50.5 Å². The van der Waals surface area contributed by atoms with E-state index in [0.717, 1.165) is 11.1 Å². The van der Waals surface area contributed by atoms with Gasteiger partial charge in [0.2, 0.25) is 11.8 Å². The first-order chi connectivity index (χ1) is 19.0. The predicted molar refractivity (Wildman–Crippen MR) is 146 cm³/mol. The van der Waals surface area contributed by atoms with E-state index >= 15 is 0 Å². The van der Waals surface area contributed by atoms with E-state index in [1.54, 1.807) is 42.5 Å². The van der Waals surface area contributed by atoms with E-state index in [1.165, 1.54) is 17.1 Å². The van der Waals surface area contributed by atoms with Crippen LogP contribution in [0.15, 0.2) is 79.1 Å². The first-order valence-electron chi connectivity index (χ1n) is 12.2. The Morgan fingerprint density at radius 2 is 1.95 bits per heavy atom. The van der Waals surface area contributed by atoms with Crippen molar-refractivity contribution in [3.05, 3.63) is 106 Å². The number of hydrogen-bond donors (Lipinski definition) is 3. The molecular formula is C28H24ClN7O3. The van der Waals surface area contributed by atoms with Gasteiger partial charge in [-0.2, -0.15) is 4.68 Å². The number of carbonyl (C=O) groups excluding carboxylic acids is 3. The molecule has 10 nitrogen and oxygen atoms in total. The summed E-state index contributed by atoms with van der Waals surface area (Å²) in [6.07, 6.45) is 5.32. The Morgan fingerprint density at radius 1 is 1.10 bits per heavy atom. The highest BCUT2D eigenvalue weighted by molar-refractivity contribution is 6.30. The van der Waals surface area contributed by atoms with Gasteiger partial charge in [-0.25, -0.2) is 0 Å². The molecule has 3 aromatic carbocycles. The lowest BCUT2D eigenvalue weighted by molar-refractivity contribution is -0.123. The number of halogens is 1. The minimum atomic E-state index is -0.859. The molecule has 11 heteroatoms. The second-order valence-corrected chi connectivity index (χ2v) is 9.35. The van der Waals surface area contributed by atoms with Crippen LogP contribution in [0.25, 0.3) is 11.8 Å². The number of hydrogen-bond acceptors (Lipinski definition) is 6. The fourth-order valence-electron chi connectivity index (χ4n) is 4.32. The molecule has 0 saturated heterocycles. The van der Waals surface area contributed by atoms with Gasteiger partial charge in [0.15, 0.2) is 0 Å². The van der Waals surface area contributed by atoms with E-state index in [2.05, 4.69) is 31.5 Å². The molecule has 1 unspecified atom stereocenters. The van der Waals surface area contributed by atoms with Crippen molar-refractivity contribution in [1.82, 2.24) is 30.8 Å². The summed E-state index contributed by atoms with van der Waals surface area (Å²) in [7, 11) is 0. The average molecular weight is 542 g/mol. The van der Waals surface area contributed by atoms with Gasteiger partial charge in [-0.15, -0.1) is 5.10 Å². The molecule has 1 atom stereocenters. The number of anilines is 1. The predicted octanol–water partition coefficient (Wildman–Crippen LogP) is 2.98. The summed E-state index contributed by atoms with van der Waals surface area (Å²) in [5.41, 5.74) is 4.16. The molecule has 1 aliphatic heterocycles. The Balaban J connectivity index is 1.34. The molecule has 39 heavy (non-hydrogen) atoms. The second kappa shape index (κ2) is 11.7. The van der Waals surface area contributed by atoms with Crippen LogP contribution in [-0.2, 0) is 22.4 Å². The number of tetrazole rings is 1. The molecule has 0 radical (unpaired) electrons. The van der Waals surface area contributed by atoms with E-state index in [4.69, 9.17) is 11.6 Å².